The zero-order chi connectivity index (χ0) is 13.5. The number of benzene rings is 1. The Morgan fingerprint density at radius 3 is 3.11 bits per heavy atom. The first-order valence-electron chi connectivity index (χ1n) is 6.78. The number of nitrogens with one attached hydrogen (secondary N) is 1. The predicted octanol–water partition coefficient (Wildman–Crippen LogP) is 1.57. The first-order chi connectivity index (χ1) is 9.17. The third kappa shape index (κ3) is 1.82. The minimum Gasteiger partial charge on any atom is -0.497 e. The number of carbonyl (C=O) groups is 1. The number of carboxylic acid groups (broad SMARTS) is 1. The van der Waals surface area contributed by atoms with Crippen LogP contribution in [0.2, 0.25) is 0 Å². The summed E-state index contributed by atoms with van der Waals surface area (Å²) in [5.41, 5.74) is 2.20. The van der Waals surface area contributed by atoms with Gasteiger partial charge in [-0.15, -0.1) is 0 Å². The molecule has 1 heterocycles. The lowest BCUT2D eigenvalue weighted by molar-refractivity contribution is -0.143. The van der Waals surface area contributed by atoms with Crippen LogP contribution < -0.4 is 10.1 Å². The maximum atomic E-state index is 11.6. The molecule has 102 valence electrons. The second-order valence-electron chi connectivity index (χ2n) is 5.55. The molecule has 19 heavy (non-hydrogen) atoms. The van der Waals surface area contributed by atoms with Crippen LogP contribution in [-0.2, 0) is 16.6 Å². The monoisotopic (exact) mass is 261 g/mol. The standard InChI is InChI=1S/C15H19NO3/c1-19-11-5-4-10-3-2-6-15(12(10)7-11)9-16-8-13(15)14(17)18/h4-5,7,13,16H,2-3,6,8-9H2,1H3,(H,17,18). The zero-order valence-electron chi connectivity index (χ0n) is 11.1. The van der Waals surface area contributed by atoms with Gasteiger partial charge in [-0.1, -0.05) is 6.07 Å². The third-order valence-electron chi connectivity index (χ3n) is 4.68. The molecule has 0 amide bonds. The highest BCUT2D eigenvalue weighted by molar-refractivity contribution is 5.74. The van der Waals surface area contributed by atoms with Gasteiger partial charge in [0.25, 0.3) is 0 Å². The van der Waals surface area contributed by atoms with Gasteiger partial charge in [0.2, 0.25) is 0 Å². The topological polar surface area (TPSA) is 58.6 Å². The molecule has 4 nitrogen and oxygen atoms in total. The van der Waals surface area contributed by atoms with E-state index in [1.54, 1.807) is 7.11 Å². The molecule has 2 atom stereocenters. The number of hydrogen-bond donors (Lipinski definition) is 2. The molecule has 1 saturated heterocycles. The molecule has 3 rings (SSSR count). The maximum absolute atomic E-state index is 11.6. The zero-order valence-corrected chi connectivity index (χ0v) is 11.1. The van der Waals surface area contributed by atoms with E-state index < -0.39 is 5.97 Å². The van der Waals surface area contributed by atoms with Crippen molar-refractivity contribution in [1.82, 2.24) is 5.32 Å². The van der Waals surface area contributed by atoms with E-state index in [1.165, 1.54) is 11.1 Å². The largest absolute Gasteiger partial charge is 0.497 e. The van der Waals surface area contributed by atoms with E-state index >= 15 is 0 Å². The van der Waals surface area contributed by atoms with Crippen molar-refractivity contribution in [3.8, 4) is 5.75 Å². The average molecular weight is 261 g/mol. The molecule has 1 aliphatic carbocycles. The van der Waals surface area contributed by atoms with Crippen LogP contribution >= 0.6 is 0 Å². The van der Waals surface area contributed by atoms with Gasteiger partial charge < -0.3 is 15.2 Å². The molecule has 2 unspecified atom stereocenters. The van der Waals surface area contributed by atoms with Crippen molar-refractivity contribution in [1.29, 1.82) is 0 Å². The molecule has 1 spiro atoms. The SMILES string of the molecule is COc1ccc2c(c1)C1(CCC2)CNCC1C(=O)O. The summed E-state index contributed by atoms with van der Waals surface area (Å²) in [7, 11) is 1.65. The Hall–Kier alpha value is -1.55. The summed E-state index contributed by atoms with van der Waals surface area (Å²) in [6.07, 6.45) is 3.04. The third-order valence-corrected chi connectivity index (χ3v) is 4.68. The molecule has 1 aliphatic heterocycles. The number of aliphatic carboxylic acids is 1. The Balaban J connectivity index is 2.12. The fraction of sp³-hybridized carbons (Fsp3) is 0.533. The first kappa shape index (κ1) is 12.5. The van der Waals surface area contributed by atoms with Gasteiger partial charge in [-0.2, -0.15) is 0 Å². The van der Waals surface area contributed by atoms with Crippen LogP contribution in [0, 0.1) is 5.92 Å². The Kier molecular flexibility index (Phi) is 2.97. The van der Waals surface area contributed by atoms with Gasteiger partial charge in [-0.25, -0.2) is 0 Å². The van der Waals surface area contributed by atoms with Crippen molar-refractivity contribution in [2.45, 2.75) is 24.7 Å². The van der Waals surface area contributed by atoms with Crippen LogP contribution in [0.5, 0.6) is 5.75 Å². The average Bonchev–Trinajstić information content (AvgIpc) is 2.83. The van der Waals surface area contributed by atoms with Crippen LogP contribution in [0.25, 0.3) is 0 Å². The molecular weight excluding hydrogens is 242 g/mol. The molecule has 4 heteroatoms. The van der Waals surface area contributed by atoms with Gasteiger partial charge in [-0.3, -0.25) is 4.79 Å². The van der Waals surface area contributed by atoms with E-state index in [0.717, 1.165) is 31.6 Å². The highest BCUT2D eigenvalue weighted by atomic mass is 16.5. The quantitative estimate of drug-likeness (QED) is 0.848. The highest BCUT2D eigenvalue weighted by Crippen LogP contribution is 2.46. The smallest absolute Gasteiger partial charge is 0.308 e. The van der Waals surface area contributed by atoms with Crippen molar-refractivity contribution in [3.63, 3.8) is 0 Å². The van der Waals surface area contributed by atoms with E-state index in [9.17, 15) is 9.90 Å². The number of methoxy groups -OCH3 is 1. The highest BCUT2D eigenvalue weighted by Gasteiger charge is 2.50. The number of fused-ring (bicyclic) bond motifs is 2. The van der Waals surface area contributed by atoms with E-state index in [1.807, 2.05) is 12.1 Å². The summed E-state index contributed by atoms with van der Waals surface area (Å²) in [6, 6.07) is 6.10. The molecule has 0 radical (unpaired) electrons. The predicted molar refractivity (Wildman–Crippen MR) is 71.6 cm³/mol. The fourth-order valence-electron chi connectivity index (χ4n) is 3.72. The summed E-state index contributed by atoms with van der Waals surface area (Å²) >= 11 is 0. The van der Waals surface area contributed by atoms with Crippen molar-refractivity contribution < 1.29 is 14.6 Å². The Bertz CT molecular complexity index is 514. The minimum absolute atomic E-state index is 0.256. The summed E-state index contributed by atoms with van der Waals surface area (Å²) in [4.78, 5) is 11.6. The van der Waals surface area contributed by atoms with Crippen LogP contribution in [0.4, 0.5) is 0 Å². The second kappa shape index (κ2) is 4.53. The summed E-state index contributed by atoms with van der Waals surface area (Å²) < 4.78 is 5.31. The van der Waals surface area contributed by atoms with Crippen molar-refractivity contribution in [2.24, 2.45) is 5.92 Å². The molecule has 0 bridgehead atoms. The van der Waals surface area contributed by atoms with Crippen molar-refractivity contribution in [2.75, 3.05) is 20.2 Å². The van der Waals surface area contributed by atoms with Gasteiger partial charge >= 0.3 is 5.97 Å². The first-order valence-corrected chi connectivity index (χ1v) is 6.78. The second-order valence-corrected chi connectivity index (χ2v) is 5.55. The van der Waals surface area contributed by atoms with E-state index in [0.29, 0.717) is 6.54 Å². The van der Waals surface area contributed by atoms with Crippen molar-refractivity contribution >= 4 is 5.97 Å². The van der Waals surface area contributed by atoms with Gasteiger partial charge in [0.05, 0.1) is 13.0 Å². The van der Waals surface area contributed by atoms with Crippen LogP contribution in [0.15, 0.2) is 18.2 Å². The minimum atomic E-state index is -0.694. The molecule has 0 saturated carbocycles. The summed E-state index contributed by atoms with van der Waals surface area (Å²) in [5, 5.41) is 12.8. The number of hydrogen-bond acceptors (Lipinski definition) is 3. The van der Waals surface area contributed by atoms with E-state index in [4.69, 9.17) is 4.74 Å². The normalized spacial score (nSPS) is 29.2. The lowest BCUT2D eigenvalue weighted by atomic mass is 9.64. The summed E-state index contributed by atoms with van der Waals surface area (Å²) in [6.45, 7) is 1.32. The Morgan fingerprint density at radius 1 is 1.53 bits per heavy atom. The number of carboxylic acids is 1. The van der Waals surface area contributed by atoms with Gasteiger partial charge in [0.15, 0.2) is 0 Å². The molecule has 1 aromatic rings. The molecule has 2 N–H and O–H groups in total. The maximum Gasteiger partial charge on any atom is 0.308 e. The Morgan fingerprint density at radius 2 is 2.37 bits per heavy atom. The Labute approximate surface area is 112 Å². The lowest BCUT2D eigenvalue weighted by Crippen LogP contribution is -2.42. The summed E-state index contributed by atoms with van der Waals surface area (Å²) in [5.74, 6) is -0.213. The molecule has 2 aliphatic rings. The molecule has 0 aromatic heterocycles. The van der Waals surface area contributed by atoms with Crippen LogP contribution in [0.3, 0.4) is 0 Å². The van der Waals surface area contributed by atoms with Gasteiger partial charge in [0.1, 0.15) is 5.75 Å². The number of ether oxygens (including phenoxy) is 1. The van der Waals surface area contributed by atoms with E-state index in [-0.39, 0.29) is 11.3 Å². The number of rotatable bonds is 2. The lowest BCUT2D eigenvalue weighted by Gasteiger charge is -2.38. The van der Waals surface area contributed by atoms with Crippen molar-refractivity contribution in [3.05, 3.63) is 29.3 Å². The van der Waals surface area contributed by atoms with Crippen LogP contribution in [0.1, 0.15) is 24.0 Å². The van der Waals surface area contributed by atoms with Crippen LogP contribution in [-0.4, -0.2) is 31.3 Å². The molecule has 1 aromatic carbocycles. The number of aryl methyl sites for hydroxylation is 1. The molecular formula is C15H19NO3. The van der Waals surface area contributed by atoms with E-state index in [2.05, 4.69) is 11.4 Å². The fourth-order valence-corrected chi connectivity index (χ4v) is 3.72. The molecule has 1 fully saturated rings. The van der Waals surface area contributed by atoms with Gasteiger partial charge in [0, 0.05) is 18.5 Å². The van der Waals surface area contributed by atoms with Gasteiger partial charge in [-0.05, 0) is 42.5 Å².